The number of carbonyl (C=O) groups excluding carboxylic acids is 3. The van der Waals surface area contributed by atoms with E-state index in [1.807, 2.05) is 18.2 Å². The molecule has 3 aromatic heterocycles. The van der Waals surface area contributed by atoms with Crippen molar-refractivity contribution in [1.82, 2.24) is 29.6 Å². The zero-order valence-corrected chi connectivity index (χ0v) is 23.1. The first-order valence-corrected chi connectivity index (χ1v) is 13.3. The number of pyridine rings is 1. The summed E-state index contributed by atoms with van der Waals surface area (Å²) in [5.74, 6) is -0.0822. The van der Waals surface area contributed by atoms with Gasteiger partial charge in [0.15, 0.2) is 5.78 Å². The lowest BCUT2D eigenvalue weighted by atomic mass is 10.0. The summed E-state index contributed by atoms with van der Waals surface area (Å²) in [4.78, 5) is 52.6. The third kappa shape index (κ3) is 5.93. The SMILES string of the molecule is CC(=O)Cc1nn(CC(=O)N2C[C@H](F)C[C@H]2C(=O)Cc2cccc(Br)n2)c2ccc(-c3cnc(C)nc3)cc12. The number of ketones is 2. The van der Waals surface area contributed by atoms with Crippen LogP contribution in [0.3, 0.4) is 0 Å². The van der Waals surface area contributed by atoms with Crippen LogP contribution in [0.25, 0.3) is 22.0 Å². The lowest BCUT2D eigenvalue weighted by Crippen LogP contribution is -2.43. The van der Waals surface area contributed by atoms with Crippen LogP contribution in [-0.4, -0.2) is 65.9 Å². The Bertz CT molecular complexity index is 1570. The summed E-state index contributed by atoms with van der Waals surface area (Å²) in [6.45, 7) is 2.95. The van der Waals surface area contributed by atoms with Crippen LogP contribution in [0.4, 0.5) is 4.39 Å². The first-order valence-electron chi connectivity index (χ1n) is 12.5. The van der Waals surface area contributed by atoms with Gasteiger partial charge in [0.05, 0.1) is 36.6 Å². The first kappa shape index (κ1) is 26.7. The third-order valence-electron chi connectivity index (χ3n) is 6.71. The molecule has 0 bridgehead atoms. The molecule has 0 unspecified atom stereocenters. The van der Waals surface area contributed by atoms with Crippen LogP contribution in [0.1, 0.15) is 30.6 Å². The van der Waals surface area contributed by atoms with Crippen molar-refractivity contribution in [2.24, 2.45) is 0 Å². The fourth-order valence-corrected chi connectivity index (χ4v) is 5.26. The van der Waals surface area contributed by atoms with Crippen molar-refractivity contribution in [3.8, 4) is 11.1 Å². The van der Waals surface area contributed by atoms with Gasteiger partial charge in [-0.25, -0.2) is 19.3 Å². The third-order valence-corrected chi connectivity index (χ3v) is 7.15. The molecule has 1 saturated heterocycles. The molecule has 0 radical (unpaired) electrons. The number of rotatable bonds is 8. The van der Waals surface area contributed by atoms with Gasteiger partial charge in [-0.1, -0.05) is 12.1 Å². The Morgan fingerprint density at radius 1 is 1.08 bits per heavy atom. The number of nitrogens with zero attached hydrogens (tertiary/aromatic N) is 6. The number of hydrogen-bond acceptors (Lipinski definition) is 7. The molecule has 2 atom stereocenters. The molecule has 200 valence electrons. The maximum Gasteiger partial charge on any atom is 0.245 e. The minimum Gasteiger partial charge on any atom is -0.328 e. The van der Waals surface area contributed by atoms with Gasteiger partial charge < -0.3 is 4.90 Å². The predicted octanol–water partition coefficient (Wildman–Crippen LogP) is 3.84. The topological polar surface area (TPSA) is 111 Å². The maximum atomic E-state index is 14.5. The second-order valence-electron chi connectivity index (χ2n) is 9.72. The Balaban J connectivity index is 1.41. The monoisotopic (exact) mass is 592 g/mol. The Morgan fingerprint density at radius 2 is 1.85 bits per heavy atom. The van der Waals surface area contributed by atoms with Crippen LogP contribution >= 0.6 is 15.9 Å². The normalized spacial score (nSPS) is 17.1. The van der Waals surface area contributed by atoms with E-state index >= 15 is 0 Å². The van der Waals surface area contributed by atoms with Gasteiger partial charge in [0, 0.05) is 35.5 Å². The van der Waals surface area contributed by atoms with Gasteiger partial charge in [0.1, 0.15) is 28.9 Å². The van der Waals surface area contributed by atoms with Crippen LogP contribution in [0.15, 0.2) is 53.4 Å². The number of benzene rings is 1. The summed E-state index contributed by atoms with van der Waals surface area (Å²) >= 11 is 3.29. The van der Waals surface area contributed by atoms with Crippen molar-refractivity contribution in [3.05, 3.63) is 70.6 Å². The lowest BCUT2D eigenvalue weighted by molar-refractivity contribution is -0.138. The standard InChI is InChI=1S/C28H26BrFN6O3/c1-16(37)8-23-22-9-18(19-12-31-17(2)32-13-19)6-7-24(22)36(34-23)15-28(39)35-14-20(30)10-25(35)26(38)11-21-4-3-5-27(29)33-21/h3-7,9,12-13,20,25H,8,10-11,14-15H2,1-2H3/t20-,25+/m1/s1. The van der Waals surface area contributed by atoms with Gasteiger partial charge in [-0.15, -0.1) is 0 Å². The summed E-state index contributed by atoms with van der Waals surface area (Å²) in [6, 6.07) is 9.98. The van der Waals surface area contributed by atoms with E-state index in [2.05, 4.69) is 36.0 Å². The number of alkyl halides is 1. The van der Waals surface area contributed by atoms with Gasteiger partial charge in [-0.05, 0) is 59.6 Å². The van der Waals surface area contributed by atoms with Crippen molar-refractivity contribution in [3.63, 3.8) is 0 Å². The van der Waals surface area contributed by atoms with Crippen molar-refractivity contribution in [2.75, 3.05) is 6.54 Å². The van der Waals surface area contributed by atoms with Crippen molar-refractivity contribution < 1.29 is 18.8 Å². The molecule has 1 aliphatic heterocycles. The van der Waals surface area contributed by atoms with Crippen LogP contribution in [0, 0.1) is 6.92 Å². The largest absolute Gasteiger partial charge is 0.328 e. The number of carbonyl (C=O) groups is 3. The molecule has 4 heterocycles. The van der Waals surface area contributed by atoms with Gasteiger partial charge in [0.25, 0.3) is 0 Å². The summed E-state index contributed by atoms with van der Waals surface area (Å²) in [7, 11) is 0. The molecule has 1 aliphatic rings. The Kier molecular flexibility index (Phi) is 7.60. The minimum absolute atomic E-state index is 0.000428. The first-order chi connectivity index (χ1) is 18.7. The van der Waals surface area contributed by atoms with E-state index in [4.69, 9.17) is 0 Å². The maximum absolute atomic E-state index is 14.5. The molecule has 0 spiro atoms. The fourth-order valence-electron chi connectivity index (χ4n) is 4.88. The molecule has 4 aromatic rings. The van der Waals surface area contributed by atoms with Gasteiger partial charge in [-0.3, -0.25) is 19.1 Å². The minimum atomic E-state index is -1.29. The second kappa shape index (κ2) is 11.1. The number of aryl methyl sites for hydroxylation is 1. The van der Waals surface area contributed by atoms with E-state index in [1.54, 1.807) is 37.5 Å². The molecular formula is C28H26BrFN6O3. The summed E-state index contributed by atoms with van der Waals surface area (Å²) in [5, 5.41) is 5.31. The van der Waals surface area contributed by atoms with Crippen LogP contribution < -0.4 is 0 Å². The number of likely N-dealkylation sites (tertiary alicyclic amines) is 1. The average Bonchev–Trinajstić information content (AvgIpc) is 3.44. The van der Waals surface area contributed by atoms with E-state index in [0.717, 1.165) is 16.5 Å². The molecular weight excluding hydrogens is 567 g/mol. The fraction of sp³-hybridized carbons (Fsp3) is 0.321. The van der Waals surface area contributed by atoms with Gasteiger partial charge in [0.2, 0.25) is 5.91 Å². The molecule has 9 nitrogen and oxygen atoms in total. The van der Waals surface area contributed by atoms with Crippen LogP contribution in [-0.2, 0) is 33.8 Å². The molecule has 1 fully saturated rings. The van der Waals surface area contributed by atoms with Crippen molar-refractivity contribution in [1.29, 1.82) is 0 Å². The van der Waals surface area contributed by atoms with E-state index in [9.17, 15) is 18.8 Å². The number of halogens is 2. The summed E-state index contributed by atoms with van der Waals surface area (Å²) in [6.07, 6.45) is 2.21. The number of fused-ring (bicyclic) bond motifs is 1. The van der Waals surface area contributed by atoms with Gasteiger partial charge >= 0.3 is 0 Å². The Labute approximate surface area is 232 Å². The highest BCUT2D eigenvalue weighted by Crippen LogP contribution is 2.28. The highest BCUT2D eigenvalue weighted by atomic mass is 79.9. The van der Waals surface area contributed by atoms with E-state index in [0.29, 0.717) is 27.3 Å². The Hall–Kier alpha value is -3.86. The molecule has 0 aliphatic carbocycles. The van der Waals surface area contributed by atoms with E-state index in [-0.39, 0.29) is 43.9 Å². The molecule has 0 saturated carbocycles. The van der Waals surface area contributed by atoms with Crippen LogP contribution in [0.2, 0.25) is 0 Å². The molecule has 5 rings (SSSR count). The predicted molar refractivity (Wildman–Crippen MR) is 146 cm³/mol. The number of amides is 1. The summed E-state index contributed by atoms with van der Waals surface area (Å²) < 4.78 is 16.6. The number of hydrogen-bond donors (Lipinski definition) is 0. The van der Waals surface area contributed by atoms with E-state index < -0.39 is 18.1 Å². The number of aromatic nitrogens is 5. The van der Waals surface area contributed by atoms with Crippen molar-refractivity contribution >= 4 is 44.3 Å². The highest BCUT2D eigenvalue weighted by molar-refractivity contribution is 9.10. The molecule has 0 N–H and O–H groups in total. The molecule has 1 amide bonds. The van der Waals surface area contributed by atoms with Gasteiger partial charge in [-0.2, -0.15) is 5.10 Å². The second-order valence-corrected chi connectivity index (χ2v) is 10.5. The zero-order valence-electron chi connectivity index (χ0n) is 21.5. The number of Topliss-reactive ketones (excluding diaryl/α,β-unsaturated/α-hetero) is 2. The van der Waals surface area contributed by atoms with E-state index in [1.165, 1.54) is 16.5 Å². The lowest BCUT2D eigenvalue weighted by Gasteiger charge is -2.23. The van der Waals surface area contributed by atoms with Crippen LogP contribution in [0.5, 0.6) is 0 Å². The Morgan fingerprint density at radius 3 is 2.56 bits per heavy atom. The van der Waals surface area contributed by atoms with Crippen molar-refractivity contribution in [2.45, 2.75) is 51.9 Å². The highest BCUT2D eigenvalue weighted by Gasteiger charge is 2.39. The molecule has 1 aromatic carbocycles. The molecule has 39 heavy (non-hydrogen) atoms. The smallest absolute Gasteiger partial charge is 0.245 e. The summed E-state index contributed by atoms with van der Waals surface area (Å²) in [5.41, 5.74) is 3.41. The average molecular weight is 593 g/mol. The quantitative estimate of drug-likeness (QED) is 0.286. The molecule has 11 heteroatoms. The zero-order chi connectivity index (χ0) is 27.7.